The second-order valence-corrected chi connectivity index (χ2v) is 9.50. The van der Waals surface area contributed by atoms with Crippen LogP contribution in [0.4, 0.5) is 0 Å². The Kier molecular flexibility index (Phi) is 5.18. The monoisotopic (exact) mass is 386 g/mol. The lowest BCUT2D eigenvalue weighted by Crippen LogP contribution is -2.42. The summed E-state index contributed by atoms with van der Waals surface area (Å²) in [4.78, 5) is 23.2. The van der Waals surface area contributed by atoms with E-state index in [2.05, 4.69) is 15.3 Å². The molecule has 4 aliphatic rings. The van der Waals surface area contributed by atoms with Crippen molar-refractivity contribution in [3.8, 4) is 0 Å². The maximum atomic E-state index is 13.1. The maximum Gasteiger partial charge on any atom is 0.228 e. The van der Waals surface area contributed by atoms with Crippen LogP contribution in [-0.2, 0) is 4.79 Å². The van der Waals surface area contributed by atoms with Gasteiger partial charge >= 0.3 is 0 Å². The summed E-state index contributed by atoms with van der Waals surface area (Å²) in [5.41, 5.74) is 1.01. The van der Waals surface area contributed by atoms with Crippen molar-refractivity contribution in [2.75, 3.05) is 13.1 Å². The molecule has 4 atom stereocenters. The lowest BCUT2D eigenvalue weighted by molar-refractivity contribution is -0.137. The highest BCUT2D eigenvalue weighted by atomic mass is 16.3. The molecule has 6 nitrogen and oxygen atoms in total. The lowest BCUT2D eigenvalue weighted by atomic mass is 9.92. The zero-order chi connectivity index (χ0) is 19.1. The van der Waals surface area contributed by atoms with Crippen molar-refractivity contribution >= 4 is 5.91 Å². The number of amides is 1. The number of nitrogens with zero attached hydrogens (tertiary/aromatic N) is 2. The number of carbonyl (C=O) groups excluding carboxylic acids is 1. The van der Waals surface area contributed by atoms with E-state index in [1.165, 1.54) is 44.9 Å². The largest absolute Gasteiger partial charge is 0.392 e. The maximum absolute atomic E-state index is 13.1. The molecule has 0 unspecified atom stereocenters. The predicted octanol–water partition coefficient (Wildman–Crippen LogP) is 2.66. The fraction of sp³-hybridized carbons (Fsp3) is 0.818. The lowest BCUT2D eigenvalue weighted by Gasteiger charge is -2.29. The van der Waals surface area contributed by atoms with Crippen LogP contribution in [0, 0.1) is 5.92 Å². The SMILES string of the molecule is O=C([C@H]1C[C@@H](NC2CCCCC2)[C@H](c2cnc(C3CC3)[nH]2)[C@@H]1O)N1CCCC1. The van der Waals surface area contributed by atoms with Crippen LogP contribution in [0.1, 0.15) is 87.6 Å². The van der Waals surface area contributed by atoms with Crippen LogP contribution in [-0.4, -0.2) is 57.2 Å². The van der Waals surface area contributed by atoms with Gasteiger partial charge in [-0.3, -0.25) is 4.79 Å². The number of rotatable bonds is 5. The van der Waals surface area contributed by atoms with Crippen molar-refractivity contribution in [1.82, 2.24) is 20.2 Å². The highest BCUT2D eigenvalue weighted by molar-refractivity contribution is 5.80. The summed E-state index contributed by atoms with van der Waals surface area (Å²) in [6, 6.07) is 0.655. The van der Waals surface area contributed by atoms with Crippen molar-refractivity contribution in [2.45, 2.75) is 94.2 Å². The second kappa shape index (κ2) is 7.79. The van der Waals surface area contributed by atoms with Crippen molar-refractivity contribution in [3.05, 3.63) is 17.7 Å². The van der Waals surface area contributed by atoms with E-state index in [9.17, 15) is 9.90 Å². The number of hydrogen-bond acceptors (Lipinski definition) is 4. The molecule has 1 saturated heterocycles. The number of aromatic nitrogens is 2. The molecule has 0 radical (unpaired) electrons. The molecule has 154 valence electrons. The quantitative estimate of drug-likeness (QED) is 0.727. The number of hydrogen-bond donors (Lipinski definition) is 3. The average molecular weight is 387 g/mol. The summed E-state index contributed by atoms with van der Waals surface area (Å²) >= 11 is 0. The first kappa shape index (κ1) is 18.6. The number of H-pyrrole nitrogens is 1. The number of imidazole rings is 1. The van der Waals surface area contributed by atoms with Gasteiger partial charge in [0.25, 0.3) is 0 Å². The third-order valence-corrected chi connectivity index (χ3v) is 7.45. The first-order chi connectivity index (χ1) is 13.7. The minimum Gasteiger partial charge on any atom is -0.392 e. The van der Waals surface area contributed by atoms with Gasteiger partial charge in [0.2, 0.25) is 5.91 Å². The van der Waals surface area contributed by atoms with Crippen molar-refractivity contribution in [2.24, 2.45) is 5.92 Å². The smallest absolute Gasteiger partial charge is 0.228 e. The molecule has 6 heteroatoms. The minimum atomic E-state index is -0.637. The van der Waals surface area contributed by atoms with Crippen LogP contribution >= 0.6 is 0 Å². The molecule has 3 aliphatic carbocycles. The standard InChI is InChI=1S/C22H34N4O2/c27-20-16(22(28)26-10-4-5-11-26)12-17(24-15-6-2-1-3-7-15)19(20)18-13-23-21(25-18)14-8-9-14/h13-17,19-20,24,27H,1-12H2,(H,23,25)/t16-,17+,19+,20+/m0/s1. The normalized spacial score (nSPS) is 34.2. The Labute approximate surface area is 167 Å². The molecular weight excluding hydrogens is 352 g/mol. The Morgan fingerprint density at radius 1 is 1.11 bits per heavy atom. The summed E-state index contributed by atoms with van der Waals surface area (Å²) in [7, 11) is 0. The van der Waals surface area contributed by atoms with Crippen molar-refractivity contribution in [1.29, 1.82) is 0 Å². The zero-order valence-corrected chi connectivity index (χ0v) is 16.8. The Balaban J connectivity index is 1.37. The molecule has 0 aromatic carbocycles. The Hall–Kier alpha value is -1.40. The number of carbonyl (C=O) groups is 1. The van der Waals surface area contributed by atoms with E-state index >= 15 is 0 Å². The van der Waals surface area contributed by atoms with E-state index in [1.807, 2.05) is 11.1 Å². The van der Waals surface area contributed by atoms with Gasteiger partial charge in [0.05, 0.1) is 12.0 Å². The van der Waals surface area contributed by atoms with Crippen molar-refractivity contribution in [3.63, 3.8) is 0 Å². The molecular formula is C22H34N4O2. The van der Waals surface area contributed by atoms with E-state index in [4.69, 9.17) is 0 Å². The second-order valence-electron chi connectivity index (χ2n) is 9.50. The molecule has 4 fully saturated rings. The molecule has 1 aliphatic heterocycles. The molecule has 3 saturated carbocycles. The third kappa shape index (κ3) is 3.61. The van der Waals surface area contributed by atoms with Gasteiger partial charge in [0, 0.05) is 48.9 Å². The highest BCUT2D eigenvalue weighted by Crippen LogP contribution is 2.43. The van der Waals surface area contributed by atoms with Gasteiger partial charge in [-0.2, -0.15) is 0 Å². The van der Waals surface area contributed by atoms with E-state index in [0.717, 1.165) is 43.9 Å². The molecule has 1 amide bonds. The van der Waals surface area contributed by atoms with E-state index in [0.29, 0.717) is 12.0 Å². The molecule has 28 heavy (non-hydrogen) atoms. The van der Waals surface area contributed by atoms with Crippen LogP contribution in [0.15, 0.2) is 6.20 Å². The van der Waals surface area contributed by atoms with E-state index in [-0.39, 0.29) is 23.8 Å². The Morgan fingerprint density at radius 2 is 1.86 bits per heavy atom. The summed E-state index contributed by atoms with van der Waals surface area (Å²) in [6.45, 7) is 1.70. The van der Waals surface area contributed by atoms with Crippen LogP contribution in [0.5, 0.6) is 0 Å². The summed E-state index contributed by atoms with van der Waals surface area (Å²) in [5, 5.41) is 15.1. The number of aromatic amines is 1. The van der Waals surface area contributed by atoms with Crippen LogP contribution in [0.3, 0.4) is 0 Å². The summed E-state index contributed by atoms with van der Waals surface area (Å²) in [6.07, 6.45) is 12.9. The molecule has 2 heterocycles. The first-order valence-corrected chi connectivity index (χ1v) is 11.5. The van der Waals surface area contributed by atoms with E-state index in [1.54, 1.807) is 0 Å². The number of aliphatic hydroxyl groups is 1. The van der Waals surface area contributed by atoms with Crippen molar-refractivity contribution < 1.29 is 9.90 Å². The highest BCUT2D eigenvalue weighted by Gasteiger charge is 2.49. The summed E-state index contributed by atoms with van der Waals surface area (Å²) < 4.78 is 0. The summed E-state index contributed by atoms with van der Waals surface area (Å²) in [5.74, 6) is 1.42. The third-order valence-electron chi connectivity index (χ3n) is 7.45. The number of nitrogens with one attached hydrogen (secondary N) is 2. The molecule has 1 aromatic heterocycles. The number of aliphatic hydroxyl groups excluding tert-OH is 1. The van der Waals surface area contributed by atoms with Gasteiger partial charge in [0.1, 0.15) is 5.82 Å². The molecule has 5 rings (SSSR count). The van der Waals surface area contributed by atoms with Crippen LogP contribution in [0.2, 0.25) is 0 Å². The topological polar surface area (TPSA) is 81.2 Å². The molecule has 1 aromatic rings. The Morgan fingerprint density at radius 3 is 2.57 bits per heavy atom. The van der Waals surface area contributed by atoms with Gasteiger partial charge in [-0.25, -0.2) is 4.98 Å². The number of likely N-dealkylation sites (tertiary alicyclic amines) is 1. The predicted molar refractivity (Wildman–Crippen MR) is 107 cm³/mol. The van der Waals surface area contributed by atoms with Gasteiger partial charge in [-0.05, 0) is 44.9 Å². The average Bonchev–Trinajstić information content (AvgIpc) is 3.09. The van der Waals surface area contributed by atoms with Gasteiger partial charge in [0.15, 0.2) is 0 Å². The van der Waals surface area contributed by atoms with Crippen LogP contribution in [0.25, 0.3) is 0 Å². The van der Waals surface area contributed by atoms with Gasteiger partial charge in [-0.15, -0.1) is 0 Å². The fourth-order valence-electron chi connectivity index (χ4n) is 5.70. The Bertz CT molecular complexity index is 688. The van der Waals surface area contributed by atoms with Crippen LogP contribution < -0.4 is 5.32 Å². The molecule has 0 bridgehead atoms. The molecule has 0 spiro atoms. The fourth-order valence-corrected chi connectivity index (χ4v) is 5.70. The zero-order valence-electron chi connectivity index (χ0n) is 16.8. The minimum absolute atomic E-state index is 0.0709. The van der Waals surface area contributed by atoms with E-state index < -0.39 is 6.10 Å². The van der Waals surface area contributed by atoms with Gasteiger partial charge in [-0.1, -0.05) is 19.3 Å². The van der Waals surface area contributed by atoms with Gasteiger partial charge < -0.3 is 20.3 Å². The first-order valence-electron chi connectivity index (χ1n) is 11.5. The molecule has 3 N–H and O–H groups in total.